The lowest BCUT2D eigenvalue weighted by Crippen LogP contribution is -2.61. The molecule has 0 aromatic carbocycles. The maximum absolute atomic E-state index is 13.0. The van der Waals surface area contributed by atoms with E-state index in [9.17, 15) is 40.5 Å². The molecule has 0 aromatic heterocycles. The van der Waals surface area contributed by atoms with E-state index < -0.39 is 86.7 Å². The average Bonchev–Trinajstić information content (AvgIpc) is 3.37. The van der Waals surface area contributed by atoms with Crippen molar-refractivity contribution >= 4 is 5.97 Å². The van der Waals surface area contributed by atoms with Gasteiger partial charge in [-0.3, -0.25) is 4.79 Å². The lowest BCUT2D eigenvalue weighted by molar-refractivity contribution is -0.332. The molecule has 0 radical (unpaired) electrons. The standard InChI is InChI=1S/C57H98O14/c1-3-5-7-9-11-13-15-17-19-21-22-23-24-25-26-28-30-32-34-36-38-40-49(59)69-46(43-66-41-39-37-35-33-31-29-27-20-18-16-14-12-10-8-6-4-2)44-67-56-55(65)53(63)51(61)48(71-56)45-68-57-54(64)52(62)50(60)47(42-58)70-57/h6,8,12,14-15,17-18,20-22,24-25,46-48,50-58,60-65H,3-5,7,9-11,13,16,19,23,26-45H2,1-2H3/b8-6-,14-12-,17-15-,20-18-,22-21-,25-24-. The average molecular weight is 1010 g/mol. The second kappa shape index (κ2) is 43.8. The largest absolute Gasteiger partial charge is 0.457 e. The van der Waals surface area contributed by atoms with Crippen LogP contribution in [0.3, 0.4) is 0 Å². The molecule has 7 N–H and O–H groups in total. The first kappa shape index (κ1) is 64.5. The van der Waals surface area contributed by atoms with Gasteiger partial charge in [0.15, 0.2) is 12.6 Å². The lowest BCUT2D eigenvalue weighted by Gasteiger charge is -2.42. The Morgan fingerprint density at radius 1 is 0.479 bits per heavy atom. The molecule has 11 unspecified atom stereocenters. The summed E-state index contributed by atoms with van der Waals surface area (Å²) in [4.78, 5) is 13.0. The fraction of sp³-hybridized carbons (Fsp3) is 0.772. The summed E-state index contributed by atoms with van der Waals surface area (Å²) in [5.74, 6) is -0.396. The van der Waals surface area contributed by atoms with Gasteiger partial charge in [-0.25, -0.2) is 0 Å². The van der Waals surface area contributed by atoms with Crippen molar-refractivity contribution in [3.8, 4) is 0 Å². The number of hydrogen-bond donors (Lipinski definition) is 7. The van der Waals surface area contributed by atoms with E-state index in [0.29, 0.717) is 13.0 Å². The van der Waals surface area contributed by atoms with E-state index in [1.165, 1.54) is 51.4 Å². The number of aliphatic hydroxyl groups is 7. The van der Waals surface area contributed by atoms with E-state index in [0.717, 1.165) is 103 Å². The van der Waals surface area contributed by atoms with E-state index in [2.05, 4.69) is 86.8 Å². The van der Waals surface area contributed by atoms with Crippen molar-refractivity contribution in [2.75, 3.05) is 33.0 Å². The van der Waals surface area contributed by atoms with E-state index in [-0.39, 0.29) is 19.6 Å². The molecule has 0 amide bonds. The number of allylic oxidation sites excluding steroid dienone is 12. The number of esters is 1. The summed E-state index contributed by atoms with van der Waals surface area (Å²) >= 11 is 0. The minimum absolute atomic E-state index is 0.0434. The van der Waals surface area contributed by atoms with Gasteiger partial charge in [0.25, 0.3) is 0 Å². The molecule has 2 fully saturated rings. The van der Waals surface area contributed by atoms with Crippen LogP contribution in [0.1, 0.15) is 181 Å². The summed E-state index contributed by atoms with van der Waals surface area (Å²) in [6.07, 6.45) is 38.1. The van der Waals surface area contributed by atoms with Crippen molar-refractivity contribution in [1.82, 2.24) is 0 Å². The number of ether oxygens (including phenoxy) is 6. The second-order valence-corrected chi connectivity index (χ2v) is 19.0. The third-order valence-electron chi connectivity index (χ3n) is 12.7. The molecule has 14 heteroatoms. The topological polar surface area (TPSA) is 214 Å². The number of carbonyl (C=O) groups excluding carboxylic acids is 1. The smallest absolute Gasteiger partial charge is 0.306 e. The predicted octanol–water partition coefficient (Wildman–Crippen LogP) is 9.08. The number of unbranched alkanes of at least 4 members (excludes halogenated alkanes) is 17. The lowest BCUT2D eigenvalue weighted by atomic mass is 9.98. The van der Waals surface area contributed by atoms with Gasteiger partial charge < -0.3 is 64.2 Å². The molecule has 0 spiro atoms. The van der Waals surface area contributed by atoms with Crippen molar-refractivity contribution in [3.05, 3.63) is 72.9 Å². The van der Waals surface area contributed by atoms with Gasteiger partial charge in [0.2, 0.25) is 0 Å². The van der Waals surface area contributed by atoms with Gasteiger partial charge in [-0.1, -0.05) is 164 Å². The molecule has 2 heterocycles. The zero-order valence-corrected chi connectivity index (χ0v) is 43.7. The molecule has 410 valence electrons. The molecule has 71 heavy (non-hydrogen) atoms. The monoisotopic (exact) mass is 1010 g/mol. The molecule has 0 saturated carbocycles. The molecule has 2 aliphatic heterocycles. The summed E-state index contributed by atoms with van der Waals surface area (Å²) in [7, 11) is 0. The Balaban J connectivity index is 1.75. The summed E-state index contributed by atoms with van der Waals surface area (Å²) < 4.78 is 34.3. The molecule has 2 rings (SSSR count). The molecule has 0 aliphatic carbocycles. The highest BCUT2D eigenvalue weighted by Gasteiger charge is 2.47. The first-order valence-corrected chi connectivity index (χ1v) is 27.5. The number of hydrogen-bond acceptors (Lipinski definition) is 14. The maximum Gasteiger partial charge on any atom is 0.306 e. The van der Waals surface area contributed by atoms with E-state index in [4.69, 9.17) is 28.4 Å². The molecule has 11 atom stereocenters. The molecule has 2 aliphatic rings. The SMILES string of the molecule is CC/C=C\C/C=C\C/C=C\CCCCCCCCOCC(COC1OC(COC2OC(CO)C(O)C(O)C2O)C(O)C(O)C1O)OC(=O)CCCCCCCC/C=C\C/C=C\C/C=C\CCCCCCC. The molecular weight excluding hydrogens is 909 g/mol. The Hall–Kier alpha value is -2.57. The van der Waals surface area contributed by atoms with Crippen LogP contribution in [0.4, 0.5) is 0 Å². The molecule has 14 nitrogen and oxygen atoms in total. The molecule has 0 aromatic rings. The van der Waals surface area contributed by atoms with Crippen LogP contribution in [0.25, 0.3) is 0 Å². The third-order valence-corrected chi connectivity index (χ3v) is 12.7. The highest BCUT2D eigenvalue weighted by molar-refractivity contribution is 5.69. The van der Waals surface area contributed by atoms with E-state index in [1.807, 2.05) is 0 Å². The maximum atomic E-state index is 13.0. The third kappa shape index (κ3) is 31.0. The van der Waals surface area contributed by atoms with Crippen LogP contribution in [0, 0.1) is 0 Å². The Morgan fingerprint density at radius 3 is 1.44 bits per heavy atom. The van der Waals surface area contributed by atoms with Gasteiger partial charge in [-0.2, -0.15) is 0 Å². The zero-order valence-electron chi connectivity index (χ0n) is 43.7. The van der Waals surface area contributed by atoms with Crippen molar-refractivity contribution in [1.29, 1.82) is 0 Å². The molecule has 0 bridgehead atoms. The van der Waals surface area contributed by atoms with Gasteiger partial charge in [-0.15, -0.1) is 0 Å². The van der Waals surface area contributed by atoms with Crippen molar-refractivity contribution in [2.24, 2.45) is 0 Å². The van der Waals surface area contributed by atoms with Crippen LogP contribution in [0.2, 0.25) is 0 Å². The quantitative estimate of drug-likeness (QED) is 0.0173. The summed E-state index contributed by atoms with van der Waals surface area (Å²) in [6.45, 7) is 3.51. The summed E-state index contributed by atoms with van der Waals surface area (Å²) in [5.41, 5.74) is 0. The fourth-order valence-electron chi connectivity index (χ4n) is 8.25. The first-order valence-electron chi connectivity index (χ1n) is 27.5. The highest BCUT2D eigenvalue weighted by Crippen LogP contribution is 2.26. The van der Waals surface area contributed by atoms with Crippen LogP contribution >= 0.6 is 0 Å². The van der Waals surface area contributed by atoms with Crippen molar-refractivity contribution in [3.63, 3.8) is 0 Å². The minimum Gasteiger partial charge on any atom is -0.457 e. The minimum atomic E-state index is -1.72. The number of rotatable bonds is 43. The fourth-order valence-corrected chi connectivity index (χ4v) is 8.25. The summed E-state index contributed by atoms with van der Waals surface area (Å²) in [6, 6.07) is 0. The Labute approximate surface area is 427 Å². The van der Waals surface area contributed by atoms with Gasteiger partial charge in [0.1, 0.15) is 54.9 Å². The normalized spacial score (nSPS) is 25.9. The van der Waals surface area contributed by atoms with Gasteiger partial charge in [-0.05, 0) is 83.5 Å². The molecule has 2 saturated heterocycles. The van der Waals surface area contributed by atoms with Crippen LogP contribution in [0.15, 0.2) is 72.9 Å². The van der Waals surface area contributed by atoms with E-state index >= 15 is 0 Å². The predicted molar refractivity (Wildman–Crippen MR) is 279 cm³/mol. The zero-order chi connectivity index (χ0) is 51.6. The van der Waals surface area contributed by atoms with Gasteiger partial charge >= 0.3 is 5.97 Å². The molecular formula is C57H98O14. The van der Waals surface area contributed by atoms with Crippen LogP contribution in [-0.4, -0.2) is 142 Å². The van der Waals surface area contributed by atoms with Crippen molar-refractivity contribution in [2.45, 2.75) is 248 Å². The van der Waals surface area contributed by atoms with Crippen LogP contribution < -0.4 is 0 Å². The van der Waals surface area contributed by atoms with Gasteiger partial charge in [0, 0.05) is 13.0 Å². The number of carbonyl (C=O) groups is 1. The Kier molecular flexibility index (Phi) is 39.8. The van der Waals surface area contributed by atoms with Crippen LogP contribution in [-0.2, 0) is 33.2 Å². The van der Waals surface area contributed by atoms with Crippen molar-refractivity contribution < 1.29 is 69.0 Å². The summed E-state index contributed by atoms with van der Waals surface area (Å²) in [5, 5.41) is 72.2. The number of aliphatic hydroxyl groups excluding tert-OH is 7. The van der Waals surface area contributed by atoms with Crippen LogP contribution in [0.5, 0.6) is 0 Å². The second-order valence-electron chi connectivity index (χ2n) is 19.0. The Bertz CT molecular complexity index is 1450. The first-order chi connectivity index (χ1) is 34.6. The van der Waals surface area contributed by atoms with Gasteiger partial charge in [0.05, 0.1) is 26.4 Å². The van der Waals surface area contributed by atoms with E-state index in [1.54, 1.807) is 0 Å². The highest BCUT2D eigenvalue weighted by atomic mass is 16.7. The Morgan fingerprint density at radius 2 is 0.915 bits per heavy atom.